The zero-order valence-electron chi connectivity index (χ0n) is 13.9. The Labute approximate surface area is 145 Å². The highest BCUT2D eigenvalue weighted by molar-refractivity contribution is 9.10. The van der Waals surface area contributed by atoms with E-state index in [0.717, 1.165) is 22.1 Å². The average Bonchev–Trinajstić information content (AvgIpc) is 2.43. The number of fused-ring (bicyclic) bond motifs is 1. The van der Waals surface area contributed by atoms with E-state index in [-0.39, 0.29) is 23.9 Å². The van der Waals surface area contributed by atoms with Crippen LogP contribution in [0, 0.1) is 0 Å². The van der Waals surface area contributed by atoms with Gasteiger partial charge in [0.25, 0.3) is 0 Å². The smallest absolute Gasteiger partial charge is 0.407 e. The summed E-state index contributed by atoms with van der Waals surface area (Å²) < 4.78 is 0.936. The van der Waals surface area contributed by atoms with Crippen molar-refractivity contribution in [2.75, 3.05) is 11.4 Å². The number of carbonyl (C=O) groups excluding carboxylic acids is 1. The van der Waals surface area contributed by atoms with Crippen LogP contribution in [0.2, 0.25) is 0 Å². The van der Waals surface area contributed by atoms with Gasteiger partial charge in [-0.1, -0.05) is 15.9 Å². The lowest BCUT2D eigenvalue weighted by Gasteiger charge is -2.40. The molecule has 126 valence electrons. The van der Waals surface area contributed by atoms with Crippen molar-refractivity contribution in [3.63, 3.8) is 0 Å². The van der Waals surface area contributed by atoms with Gasteiger partial charge in [0.2, 0.25) is 5.91 Å². The number of hydrogen-bond donors (Lipinski definition) is 1. The zero-order chi connectivity index (χ0) is 17.3. The lowest BCUT2D eigenvalue weighted by Crippen LogP contribution is -2.45. The summed E-state index contributed by atoms with van der Waals surface area (Å²) >= 11 is 3.48. The van der Waals surface area contributed by atoms with E-state index in [1.807, 2.05) is 39.0 Å². The second-order valence-electron chi connectivity index (χ2n) is 6.40. The van der Waals surface area contributed by atoms with Crippen LogP contribution < -0.4 is 4.90 Å². The van der Waals surface area contributed by atoms with Gasteiger partial charge in [0, 0.05) is 41.6 Å². The first-order valence-electron chi connectivity index (χ1n) is 7.81. The molecule has 0 aliphatic carbocycles. The molecule has 23 heavy (non-hydrogen) atoms. The summed E-state index contributed by atoms with van der Waals surface area (Å²) in [5.41, 5.74) is 1.91. The Morgan fingerprint density at radius 3 is 2.61 bits per heavy atom. The summed E-state index contributed by atoms with van der Waals surface area (Å²) in [5.74, 6) is 0.0880. The van der Waals surface area contributed by atoms with Crippen LogP contribution in [-0.4, -0.2) is 40.6 Å². The van der Waals surface area contributed by atoms with Gasteiger partial charge < -0.3 is 14.9 Å². The predicted octanol–water partition coefficient (Wildman–Crippen LogP) is 4.07. The molecule has 0 fully saturated rings. The molecule has 1 aromatic rings. The highest BCUT2D eigenvalue weighted by Gasteiger charge is 2.34. The molecule has 1 aliphatic rings. The van der Waals surface area contributed by atoms with Gasteiger partial charge in [-0.25, -0.2) is 4.79 Å². The van der Waals surface area contributed by atoms with E-state index >= 15 is 0 Å². The van der Waals surface area contributed by atoms with E-state index in [0.29, 0.717) is 6.54 Å². The Balaban J connectivity index is 2.42. The number of rotatable bonds is 3. The summed E-state index contributed by atoms with van der Waals surface area (Å²) in [6.45, 7) is 7.78. The van der Waals surface area contributed by atoms with Crippen LogP contribution in [0.5, 0.6) is 0 Å². The first kappa shape index (κ1) is 17.8. The lowest BCUT2D eigenvalue weighted by molar-refractivity contribution is -0.117. The first-order valence-corrected chi connectivity index (χ1v) is 8.60. The Kier molecular flexibility index (Phi) is 5.34. The molecule has 2 rings (SSSR count). The van der Waals surface area contributed by atoms with E-state index in [4.69, 9.17) is 0 Å². The zero-order valence-corrected chi connectivity index (χ0v) is 15.5. The summed E-state index contributed by atoms with van der Waals surface area (Å²) in [7, 11) is 0. The van der Waals surface area contributed by atoms with Crippen LogP contribution >= 0.6 is 15.9 Å². The van der Waals surface area contributed by atoms with Crippen molar-refractivity contribution < 1.29 is 14.7 Å². The Bertz CT molecular complexity index is 618. The second kappa shape index (κ2) is 6.91. The van der Waals surface area contributed by atoms with Crippen LogP contribution in [-0.2, 0) is 4.79 Å². The molecule has 1 heterocycles. The topological polar surface area (TPSA) is 60.9 Å². The molecule has 0 saturated heterocycles. The standard InChI is InChI=1S/C17H23BrN2O3/c1-10(2)19(17(22)23)9-13-7-11(3)20(12(4)21)16-6-5-14(18)8-15(13)16/h5-6,8,10-11,13H,7,9H2,1-4H3,(H,22,23)/t11-,13-/m1/s1. The van der Waals surface area contributed by atoms with Crippen molar-refractivity contribution in [3.8, 4) is 0 Å². The highest BCUT2D eigenvalue weighted by atomic mass is 79.9. The molecule has 1 aromatic carbocycles. The minimum Gasteiger partial charge on any atom is -0.465 e. The van der Waals surface area contributed by atoms with Gasteiger partial charge in [-0.3, -0.25) is 4.79 Å². The molecular weight excluding hydrogens is 360 g/mol. The van der Waals surface area contributed by atoms with Gasteiger partial charge in [-0.15, -0.1) is 0 Å². The van der Waals surface area contributed by atoms with Crippen molar-refractivity contribution in [2.24, 2.45) is 0 Å². The first-order chi connectivity index (χ1) is 10.7. The maximum atomic E-state index is 12.0. The summed E-state index contributed by atoms with van der Waals surface area (Å²) in [6, 6.07) is 5.83. The van der Waals surface area contributed by atoms with Crippen LogP contribution in [0.1, 0.15) is 45.6 Å². The van der Waals surface area contributed by atoms with E-state index in [1.54, 1.807) is 11.8 Å². The third kappa shape index (κ3) is 3.68. The number of nitrogens with zero attached hydrogens (tertiary/aromatic N) is 2. The van der Waals surface area contributed by atoms with Crippen molar-refractivity contribution in [1.29, 1.82) is 0 Å². The number of carbonyl (C=O) groups is 2. The van der Waals surface area contributed by atoms with Crippen molar-refractivity contribution in [3.05, 3.63) is 28.2 Å². The number of carboxylic acid groups (broad SMARTS) is 1. The maximum absolute atomic E-state index is 12.0. The molecule has 2 atom stereocenters. The average molecular weight is 383 g/mol. The minimum atomic E-state index is -0.904. The summed E-state index contributed by atoms with van der Waals surface area (Å²) in [4.78, 5) is 26.8. The van der Waals surface area contributed by atoms with Gasteiger partial charge in [0.15, 0.2) is 0 Å². The number of amides is 2. The molecule has 0 saturated carbocycles. The Morgan fingerprint density at radius 2 is 2.09 bits per heavy atom. The molecule has 6 heteroatoms. The molecule has 1 N–H and O–H groups in total. The fraction of sp³-hybridized carbons (Fsp3) is 0.529. The summed E-state index contributed by atoms with van der Waals surface area (Å²) in [6.07, 6.45) is -0.155. The van der Waals surface area contributed by atoms with Crippen LogP contribution in [0.15, 0.2) is 22.7 Å². The minimum absolute atomic E-state index is 0.0125. The maximum Gasteiger partial charge on any atom is 0.407 e. The van der Waals surface area contributed by atoms with E-state index < -0.39 is 6.09 Å². The van der Waals surface area contributed by atoms with Crippen molar-refractivity contribution in [2.45, 2.75) is 52.1 Å². The lowest BCUT2D eigenvalue weighted by atomic mass is 9.85. The highest BCUT2D eigenvalue weighted by Crippen LogP contribution is 2.40. The fourth-order valence-electron chi connectivity index (χ4n) is 3.35. The second-order valence-corrected chi connectivity index (χ2v) is 7.32. The Hall–Kier alpha value is -1.56. The molecule has 5 nitrogen and oxygen atoms in total. The van der Waals surface area contributed by atoms with Crippen molar-refractivity contribution in [1.82, 2.24) is 4.90 Å². The fourth-order valence-corrected chi connectivity index (χ4v) is 3.73. The van der Waals surface area contributed by atoms with Crippen molar-refractivity contribution >= 4 is 33.6 Å². The molecule has 0 bridgehead atoms. The monoisotopic (exact) mass is 382 g/mol. The van der Waals surface area contributed by atoms with E-state index in [2.05, 4.69) is 15.9 Å². The molecule has 1 aliphatic heterocycles. The molecule has 0 spiro atoms. The number of halogens is 1. The summed E-state index contributed by atoms with van der Waals surface area (Å²) in [5, 5.41) is 9.44. The van der Waals surface area contributed by atoms with E-state index in [1.165, 1.54) is 4.90 Å². The van der Waals surface area contributed by atoms with Gasteiger partial charge in [-0.2, -0.15) is 0 Å². The van der Waals surface area contributed by atoms with Gasteiger partial charge in [0.1, 0.15) is 0 Å². The van der Waals surface area contributed by atoms with Crippen LogP contribution in [0.25, 0.3) is 0 Å². The Morgan fingerprint density at radius 1 is 1.43 bits per heavy atom. The third-order valence-electron chi connectivity index (χ3n) is 4.38. The third-order valence-corrected chi connectivity index (χ3v) is 4.87. The number of benzene rings is 1. The van der Waals surface area contributed by atoms with Gasteiger partial charge in [0.05, 0.1) is 0 Å². The van der Waals surface area contributed by atoms with Gasteiger partial charge >= 0.3 is 6.09 Å². The number of anilines is 1. The molecule has 2 amide bonds. The molecule has 0 unspecified atom stereocenters. The van der Waals surface area contributed by atoms with E-state index in [9.17, 15) is 14.7 Å². The molecule has 0 aromatic heterocycles. The largest absolute Gasteiger partial charge is 0.465 e. The van der Waals surface area contributed by atoms with Crippen LogP contribution in [0.4, 0.5) is 10.5 Å². The normalized spacial score (nSPS) is 20.3. The predicted molar refractivity (Wildman–Crippen MR) is 94.0 cm³/mol. The number of hydrogen-bond acceptors (Lipinski definition) is 2. The molecule has 0 radical (unpaired) electrons. The SMILES string of the molecule is CC(=O)N1c2ccc(Br)cc2[C@@H](CN(C(=O)O)C(C)C)C[C@H]1C. The van der Waals surface area contributed by atoms with Gasteiger partial charge in [-0.05, 0) is 51.0 Å². The quantitative estimate of drug-likeness (QED) is 0.856. The van der Waals surface area contributed by atoms with Crippen LogP contribution in [0.3, 0.4) is 0 Å². The molecular formula is C17H23BrN2O3.